The molecule has 0 atom stereocenters. The molecule has 2 N–H and O–H groups in total. The zero-order chi connectivity index (χ0) is 22.8. The highest BCUT2D eigenvalue weighted by Gasteiger charge is 2.10. The molecule has 4 nitrogen and oxygen atoms in total. The largest absolute Gasteiger partial charge is 0.481 e. The van der Waals surface area contributed by atoms with Crippen molar-refractivity contribution in [2.75, 3.05) is 19.9 Å². The molecule has 0 amide bonds. The molecule has 3 aromatic rings. The average Bonchev–Trinajstić information content (AvgIpc) is 2.72. The Kier molecular flexibility index (Phi) is 9.84. The second kappa shape index (κ2) is 12.3. The lowest BCUT2D eigenvalue weighted by atomic mass is 10.0. The molecule has 3 aromatic carbocycles. The van der Waals surface area contributed by atoms with Crippen molar-refractivity contribution in [2.45, 2.75) is 16.3 Å². The molecular formula is C23H23F2NO3S2. The van der Waals surface area contributed by atoms with E-state index in [4.69, 9.17) is 9.84 Å². The van der Waals surface area contributed by atoms with Crippen molar-refractivity contribution >= 4 is 30.4 Å². The van der Waals surface area contributed by atoms with Gasteiger partial charge in [0, 0.05) is 28.0 Å². The summed E-state index contributed by atoms with van der Waals surface area (Å²) in [4.78, 5) is 12.2. The van der Waals surface area contributed by atoms with Gasteiger partial charge in [0.15, 0.2) is 6.61 Å². The highest BCUT2D eigenvalue weighted by molar-refractivity contribution is 7.98. The molecule has 31 heavy (non-hydrogen) atoms. The molecule has 3 rings (SSSR count). The third kappa shape index (κ3) is 8.24. The standard InChI is InChI=1S/C17H19NO3S.C6H4F2S/c1-18-10-12-6-7-16(21-11-17(19)20)15(8-12)13-4-3-5-14(9-13)22-2;7-4-1-5(8)3-6(9)2-4/h3-9,18H,10-11H2,1-2H3,(H,19,20);1-3,9H. The fraction of sp³-hybridized carbons (Fsp3) is 0.174. The Bertz CT molecular complexity index is 981. The molecule has 0 unspecified atom stereocenters. The van der Waals surface area contributed by atoms with Crippen LogP contribution in [-0.2, 0) is 11.3 Å². The highest BCUT2D eigenvalue weighted by atomic mass is 32.2. The Balaban J connectivity index is 0.000000316. The third-order valence-corrected chi connectivity index (χ3v) is 4.99. The van der Waals surface area contributed by atoms with Crippen molar-refractivity contribution in [3.8, 4) is 16.9 Å². The van der Waals surface area contributed by atoms with Gasteiger partial charge in [0.1, 0.15) is 17.4 Å². The van der Waals surface area contributed by atoms with Crippen molar-refractivity contribution < 1.29 is 23.4 Å². The van der Waals surface area contributed by atoms with Crippen LogP contribution in [0.4, 0.5) is 8.78 Å². The molecule has 164 valence electrons. The minimum Gasteiger partial charge on any atom is -0.481 e. The van der Waals surface area contributed by atoms with Gasteiger partial charge in [-0.15, -0.1) is 24.4 Å². The molecule has 8 heteroatoms. The molecule has 0 bridgehead atoms. The van der Waals surface area contributed by atoms with E-state index in [0.717, 1.165) is 46.3 Å². The number of aliphatic carboxylic acids is 1. The van der Waals surface area contributed by atoms with Gasteiger partial charge in [0.25, 0.3) is 0 Å². The minimum absolute atomic E-state index is 0.299. The van der Waals surface area contributed by atoms with Crippen LogP contribution in [0.15, 0.2) is 70.5 Å². The molecule has 0 radical (unpaired) electrons. The first-order valence-electron chi connectivity index (χ1n) is 9.24. The van der Waals surface area contributed by atoms with E-state index >= 15 is 0 Å². The summed E-state index contributed by atoms with van der Waals surface area (Å²) in [5, 5.41) is 11.9. The van der Waals surface area contributed by atoms with Crippen molar-refractivity contribution in [1.82, 2.24) is 5.32 Å². The van der Waals surface area contributed by atoms with Gasteiger partial charge in [0.05, 0.1) is 0 Å². The van der Waals surface area contributed by atoms with Gasteiger partial charge in [-0.2, -0.15) is 0 Å². The van der Waals surface area contributed by atoms with Crippen LogP contribution >= 0.6 is 24.4 Å². The lowest BCUT2D eigenvalue weighted by molar-refractivity contribution is -0.139. The monoisotopic (exact) mass is 463 g/mol. The van der Waals surface area contributed by atoms with Crippen LogP contribution in [0.5, 0.6) is 5.75 Å². The summed E-state index contributed by atoms with van der Waals surface area (Å²) in [6.45, 7) is 0.398. The Labute approximate surface area is 190 Å². The molecule has 0 fully saturated rings. The molecule has 0 aliphatic heterocycles. The molecule has 0 saturated carbocycles. The number of ether oxygens (including phenoxy) is 1. The normalized spacial score (nSPS) is 10.2. The van der Waals surface area contributed by atoms with E-state index in [1.165, 1.54) is 0 Å². The lowest BCUT2D eigenvalue weighted by Crippen LogP contribution is -2.10. The number of nitrogens with one attached hydrogen (secondary N) is 1. The molecular weight excluding hydrogens is 440 g/mol. The van der Waals surface area contributed by atoms with Gasteiger partial charge in [-0.05, 0) is 60.8 Å². The number of carboxylic acid groups (broad SMARTS) is 1. The zero-order valence-corrected chi connectivity index (χ0v) is 18.8. The van der Waals surface area contributed by atoms with E-state index in [2.05, 4.69) is 24.0 Å². The second-order valence-electron chi connectivity index (χ2n) is 6.40. The van der Waals surface area contributed by atoms with Gasteiger partial charge < -0.3 is 15.2 Å². The van der Waals surface area contributed by atoms with E-state index in [0.29, 0.717) is 10.6 Å². The summed E-state index contributed by atoms with van der Waals surface area (Å²) < 4.78 is 29.7. The molecule has 0 aliphatic carbocycles. The Morgan fingerprint density at radius 3 is 2.39 bits per heavy atom. The van der Waals surface area contributed by atoms with E-state index in [-0.39, 0.29) is 6.61 Å². The van der Waals surface area contributed by atoms with E-state index in [1.54, 1.807) is 11.8 Å². The highest BCUT2D eigenvalue weighted by Crippen LogP contribution is 2.33. The van der Waals surface area contributed by atoms with Gasteiger partial charge in [-0.1, -0.05) is 18.2 Å². The number of rotatable bonds is 7. The van der Waals surface area contributed by atoms with E-state index in [9.17, 15) is 13.6 Å². The number of halogens is 2. The predicted octanol–water partition coefficient (Wildman–Crippen LogP) is 5.51. The maximum absolute atomic E-state index is 12.1. The molecule has 0 heterocycles. The van der Waals surface area contributed by atoms with Crippen molar-refractivity contribution in [3.05, 3.63) is 77.9 Å². The van der Waals surface area contributed by atoms with Gasteiger partial charge in [0.2, 0.25) is 0 Å². The summed E-state index contributed by atoms with van der Waals surface area (Å²) >= 11 is 5.41. The fourth-order valence-electron chi connectivity index (χ4n) is 2.71. The molecule has 0 aromatic heterocycles. The number of benzene rings is 3. The first-order valence-corrected chi connectivity index (χ1v) is 10.9. The van der Waals surface area contributed by atoms with Crippen LogP contribution in [-0.4, -0.2) is 31.0 Å². The number of hydrogen-bond donors (Lipinski definition) is 3. The van der Waals surface area contributed by atoms with E-state index in [1.807, 2.05) is 49.7 Å². The number of carbonyl (C=O) groups is 1. The van der Waals surface area contributed by atoms with E-state index < -0.39 is 17.6 Å². The third-order valence-electron chi connectivity index (χ3n) is 4.00. The molecule has 0 aliphatic rings. The average molecular weight is 464 g/mol. The second-order valence-corrected chi connectivity index (χ2v) is 7.80. The number of thioether (sulfide) groups is 1. The summed E-state index contributed by atoms with van der Waals surface area (Å²) in [7, 11) is 1.89. The quantitative estimate of drug-likeness (QED) is 0.319. The minimum atomic E-state index is -0.983. The number of hydrogen-bond acceptors (Lipinski definition) is 5. The first-order chi connectivity index (χ1) is 14.8. The van der Waals surface area contributed by atoms with Crippen LogP contribution in [0.1, 0.15) is 5.56 Å². The van der Waals surface area contributed by atoms with Gasteiger partial charge >= 0.3 is 5.97 Å². The first kappa shape index (κ1) is 24.7. The summed E-state index contributed by atoms with van der Waals surface area (Å²) in [6, 6.07) is 17.0. The van der Waals surface area contributed by atoms with Crippen molar-refractivity contribution in [2.24, 2.45) is 0 Å². The Morgan fingerprint density at radius 2 is 1.81 bits per heavy atom. The van der Waals surface area contributed by atoms with Crippen LogP contribution in [0, 0.1) is 11.6 Å². The number of thiol groups is 1. The van der Waals surface area contributed by atoms with Gasteiger partial charge in [-0.3, -0.25) is 0 Å². The topological polar surface area (TPSA) is 58.6 Å². The number of carboxylic acids is 1. The van der Waals surface area contributed by atoms with Crippen LogP contribution in [0.3, 0.4) is 0 Å². The maximum atomic E-state index is 12.1. The lowest BCUT2D eigenvalue weighted by Gasteiger charge is -2.13. The summed E-state index contributed by atoms with van der Waals surface area (Å²) in [5.41, 5.74) is 3.05. The van der Waals surface area contributed by atoms with Crippen molar-refractivity contribution in [3.63, 3.8) is 0 Å². The van der Waals surface area contributed by atoms with Crippen LogP contribution < -0.4 is 10.1 Å². The molecule has 0 saturated heterocycles. The Hall–Kier alpha value is -2.55. The summed E-state index contributed by atoms with van der Waals surface area (Å²) in [6.07, 6.45) is 2.03. The predicted molar refractivity (Wildman–Crippen MR) is 123 cm³/mol. The van der Waals surface area contributed by atoms with Crippen molar-refractivity contribution in [1.29, 1.82) is 0 Å². The fourth-order valence-corrected chi connectivity index (χ4v) is 3.42. The smallest absolute Gasteiger partial charge is 0.341 e. The SMILES string of the molecule is CNCc1ccc(OCC(=O)O)c(-c2cccc(SC)c2)c1.Fc1cc(F)cc(S)c1. The summed E-state index contributed by atoms with van der Waals surface area (Å²) in [5.74, 6) is -1.59. The zero-order valence-electron chi connectivity index (χ0n) is 17.1. The van der Waals surface area contributed by atoms with Gasteiger partial charge in [-0.25, -0.2) is 13.6 Å². The maximum Gasteiger partial charge on any atom is 0.341 e. The Morgan fingerprint density at radius 1 is 1.10 bits per heavy atom. The van der Waals surface area contributed by atoms with Crippen LogP contribution in [0.25, 0.3) is 11.1 Å². The van der Waals surface area contributed by atoms with Crippen LogP contribution in [0.2, 0.25) is 0 Å². The molecule has 0 spiro atoms.